The number of nitrogens with one attached hydrogen (secondary N) is 2. The van der Waals surface area contributed by atoms with Crippen molar-refractivity contribution in [3.63, 3.8) is 0 Å². The summed E-state index contributed by atoms with van der Waals surface area (Å²) in [5, 5.41) is 17.9. The zero-order valence-corrected chi connectivity index (χ0v) is 18.2. The summed E-state index contributed by atoms with van der Waals surface area (Å²) in [5.74, 6) is 0.797. The number of piperidine rings is 1. The molecule has 2 fully saturated rings. The van der Waals surface area contributed by atoms with E-state index in [1.54, 1.807) is 12.1 Å². The van der Waals surface area contributed by atoms with Crippen LogP contribution in [-0.2, 0) is 11.3 Å². The lowest BCUT2D eigenvalue weighted by Gasteiger charge is -2.35. The fourth-order valence-corrected chi connectivity index (χ4v) is 3.98. The van der Waals surface area contributed by atoms with E-state index in [2.05, 4.69) is 29.4 Å². The second-order valence-electron chi connectivity index (χ2n) is 8.51. The number of nitro benzene ring substituents is 1. The minimum absolute atomic E-state index is 0.102. The third-order valence-electron chi connectivity index (χ3n) is 5.94. The summed E-state index contributed by atoms with van der Waals surface area (Å²) >= 11 is 0. The van der Waals surface area contributed by atoms with Crippen LogP contribution in [0.2, 0.25) is 0 Å². The maximum atomic E-state index is 10.8. The first kappa shape index (κ1) is 22.5. The Balaban J connectivity index is 1.59. The van der Waals surface area contributed by atoms with Crippen LogP contribution in [0.25, 0.3) is 0 Å². The average Bonchev–Trinajstić information content (AvgIpc) is 2.77. The normalized spacial score (nSPS) is 21.6. The molecule has 8 heteroatoms. The lowest BCUT2D eigenvalue weighted by molar-refractivity contribution is -0.384. The number of non-ortho nitro benzene ring substituents is 1. The molecule has 1 atom stereocenters. The van der Waals surface area contributed by atoms with E-state index in [-0.39, 0.29) is 16.7 Å². The first-order valence-corrected chi connectivity index (χ1v) is 11.1. The van der Waals surface area contributed by atoms with Crippen LogP contribution in [0, 0.1) is 10.1 Å². The largest absolute Gasteiger partial charge is 0.376 e. The Hall–Kier alpha value is -2.19. The predicted molar refractivity (Wildman–Crippen MR) is 119 cm³/mol. The smallest absolute Gasteiger partial charge is 0.269 e. The molecule has 0 saturated carbocycles. The maximum absolute atomic E-state index is 10.8. The Morgan fingerprint density at radius 1 is 1.23 bits per heavy atom. The monoisotopic (exact) mass is 417 g/mol. The number of aliphatic imine (C=N–C) groups is 1. The summed E-state index contributed by atoms with van der Waals surface area (Å²) in [5.41, 5.74) is 1.05. The highest BCUT2D eigenvalue weighted by molar-refractivity contribution is 5.80. The van der Waals surface area contributed by atoms with Gasteiger partial charge in [-0.25, -0.2) is 4.99 Å². The number of ether oxygens (including phenoxy) is 1. The molecule has 0 aromatic heterocycles. The van der Waals surface area contributed by atoms with Crippen LogP contribution in [0.3, 0.4) is 0 Å². The zero-order chi connectivity index (χ0) is 21.3. The first-order chi connectivity index (χ1) is 14.5. The van der Waals surface area contributed by atoms with Crippen LogP contribution in [0.1, 0.15) is 51.5 Å². The number of nitrogens with zero attached hydrogens (tertiary/aromatic N) is 3. The van der Waals surface area contributed by atoms with Gasteiger partial charge in [-0.2, -0.15) is 0 Å². The molecule has 1 aromatic carbocycles. The van der Waals surface area contributed by atoms with Gasteiger partial charge in [0.05, 0.1) is 17.6 Å². The van der Waals surface area contributed by atoms with Crippen LogP contribution in [0.4, 0.5) is 5.69 Å². The lowest BCUT2D eigenvalue weighted by atomic mass is 10.0. The van der Waals surface area contributed by atoms with Crippen molar-refractivity contribution in [3.05, 3.63) is 39.9 Å². The van der Waals surface area contributed by atoms with Gasteiger partial charge in [0.25, 0.3) is 5.69 Å². The third-order valence-corrected chi connectivity index (χ3v) is 5.94. The predicted octanol–water partition coefficient (Wildman–Crippen LogP) is 3.07. The number of hydrogen-bond donors (Lipinski definition) is 2. The number of likely N-dealkylation sites (tertiary alicyclic amines) is 1. The van der Waals surface area contributed by atoms with E-state index in [0.29, 0.717) is 18.6 Å². The Morgan fingerprint density at radius 2 is 1.97 bits per heavy atom. The molecule has 8 nitrogen and oxygen atoms in total. The second kappa shape index (κ2) is 11.3. The van der Waals surface area contributed by atoms with Crippen LogP contribution < -0.4 is 10.6 Å². The van der Waals surface area contributed by atoms with Gasteiger partial charge in [0.15, 0.2) is 5.96 Å². The van der Waals surface area contributed by atoms with Gasteiger partial charge in [-0.15, -0.1) is 0 Å². The summed E-state index contributed by atoms with van der Waals surface area (Å²) in [6.07, 6.45) is 5.85. The third kappa shape index (κ3) is 6.95. The number of nitro groups is 1. The van der Waals surface area contributed by atoms with Crippen LogP contribution in [0.15, 0.2) is 29.3 Å². The minimum Gasteiger partial charge on any atom is -0.376 e. The van der Waals surface area contributed by atoms with E-state index in [9.17, 15) is 10.1 Å². The van der Waals surface area contributed by atoms with Crippen LogP contribution in [0.5, 0.6) is 0 Å². The highest BCUT2D eigenvalue weighted by atomic mass is 16.6. The summed E-state index contributed by atoms with van der Waals surface area (Å²) in [4.78, 5) is 17.7. The fraction of sp³-hybridized carbons (Fsp3) is 0.682. The first-order valence-electron chi connectivity index (χ1n) is 11.1. The fourth-order valence-electron chi connectivity index (χ4n) is 3.98. The van der Waals surface area contributed by atoms with Crippen LogP contribution in [-0.4, -0.2) is 60.2 Å². The molecule has 0 bridgehead atoms. The molecule has 2 saturated heterocycles. The number of hydrogen-bond acceptors (Lipinski definition) is 5. The van der Waals surface area contributed by atoms with Gasteiger partial charge in [-0.05, 0) is 51.5 Å². The molecule has 0 amide bonds. The second-order valence-corrected chi connectivity index (χ2v) is 8.51. The number of benzene rings is 1. The van der Waals surface area contributed by atoms with Gasteiger partial charge < -0.3 is 20.3 Å². The molecule has 0 spiro atoms. The lowest BCUT2D eigenvalue weighted by Crippen LogP contribution is -2.51. The molecule has 1 unspecified atom stereocenters. The van der Waals surface area contributed by atoms with Gasteiger partial charge in [-0.3, -0.25) is 10.1 Å². The van der Waals surface area contributed by atoms with Crippen molar-refractivity contribution in [2.24, 2.45) is 4.99 Å². The van der Waals surface area contributed by atoms with Crippen molar-refractivity contribution in [3.8, 4) is 0 Å². The van der Waals surface area contributed by atoms with Crippen molar-refractivity contribution < 1.29 is 9.66 Å². The van der Waals surface area contributed by atoms with E-state index in [4.69, 9.17) is 9.73 Å². The van der Waals surface area contributed by atoms with Gasteiger partial charge in [0.2, 0.25) is 0 Å². The summed E-state index contributed by atoms with van der Waals surface area (Å²) < 4.78 is 5.84. The van der Waals surface area contributed by atoms with Crippen molar-refractivity contribution in [1.82, 2.24) is 15.5 Å². The van der Waals surface area contributed by atoms with E-state index >= 15 is 0 Å². The number of rotatable bonds is 7. The molecule has 2 aliphatic rings. The molecule has 3 rings (SSSR count). The number of guanidine groups is 1. The molecule has 166 valence electrons. The van der Waals surface area contributed by atoms with Crippen molar-refractivity contribution in [2.45, 2.75) is 70.7 Å². The summed E-state index contributed by atoms with van der Waals surface area (Å²) in [6.45, 7) is 8.74. The Labute approximate surface area is 179 Å². The average molecular weight is 418 g/mol. The van der Waals surface area contributed by atoms with E-state index in [1.165, 1.54) is 18.6 Å². The molecular formula is C22H35N5O3. The zero-order valence-electron chi connectivity index (χ0n) is 18.2. The molecule has 0 aliphatic carbocycles. The molecule has 0 radical (unpaired) electrons. The van der Waals surface area contributed by atoms with E-state index < -0.39 is 0 Å². The SMILES string of the molecule is CC(C)N1CCC(NC(=NCc2ccc([N+](=O)[O-])cc2)NCC2CCCCO2)CC1. The van der Waals surface area contributed by atoms with Gasteiger partial charge in [0.1, 0.15) is 0 Å². The Bertz CT molecular complexity index is 693. The van der Waals surface area contributed by atoms with Crippen molar-refractivity contribution in [2.75, 3.05) is 26.2 Å². The quantitative estimate of drug-likeness (QED) is 0.307. The summed E-state index contributed by atoms with van der Waals surface area (Å²) in [7, 11) is 0. The van der Waals surface area contributed by atoms with Crippen molar-refractivity contribution in [1.29, 1.82) is 0 Å². The highest BCUT2D eigenvalue weighted by Crippen LogP contribution is 2.15. The Kier molecular flexibility index (Phi) is 8.45. The summed E-state index contributed by atoms with van der Waals surface area (Å²) in [6, 6.07) is 7.58. The van der Waals surface area contributed by atoms with Crippen LogP contribution >= 0.6 is 0 Å². The van der Waals surface area contributed by atoms with E-state index in [0.717, 1.165) is 63.4 Å². The van der Waals surface area contributed by atoms with Gasteiger partial charge >= 0.3 is 0 Å². The van der Waals surface area contributed by atoms with E-state index in [1.807, 2.05) is 0 Å². The standard InChI is InChI=1S/C22H35N5O3/c1-17(2)26-12-10-19(11-13-26)25-22(24-16-21-5-3-4-14-30-21)23-15-18-6-8-20(9-7-18)27(28)29/h6-9,17,19,21H,3-5,10-16H2,1-2H3,(H2,23,24,25). The topological polar surface area (TPSA) is 92.0 Å². The van der Waals surface area contributed by atoms with Gasteiger partial charge in [-0.1, -0.05) is 12.1 Å². The molecule has 1 aromatic rings. The Morgan fingerprint density at radius 3 is 2.57 bits per heavy atom. The molecule has 2 N–H and O–H groups in total. The van der Waals surface area contributed by atoms with Gasteiger partial charge in [0, 0.05) is 50.5 Å². The van der Waals surface area contributed by atoms with Crippen molar-refractivity contribution >= 4 is 11.6 Å². The minimum atomic E-state index is -0.380. The maximum Gasteiger partial charge on any atom is 0.269 e. The highest BCUT2D eigenvalue weighted by Gasteiger charge is 2.22. The molecule has 30 heavy (non-hydrogen) atoms. The molecular weight excluding hydrogens is 382 g/mol. The molecule has 2 aliphatic heterocycles. The molecule has 2 heterocycles.